The third-order valence-electron chi connectivity index (χ3n) is 6.67. The summed E-state index contributed by atoms with van der Waals surface area (Å²) in [6.07, 6.45) is 10.8. The molecule has 174 valence electrons. The number of hydrogen-bond donors (Lipinski definition) is 2. The van der Waals surface area contributed by atoms with E-state index in [9.17, 15) is 0 Å². The first-order valence-electron chi connectivity index (χ1n) is 11.9. The summed E-state index contributed by atoms with van der Waals surface area (Å²) in [7, 11) is 2.18. The summed E-state index contributed by atoms with van der Waals surface area (Å²) >= 11 is 0. The van der Waals surface area contributed by atoms with Gasteiger partial charge in [0.25, 0.3) is 0 Å². The highest BCUT2D eigenvalue weighted by Gasteiger charge is 2.19. The van der Waals surface area contributed by atoms with Crippen LogP contribution < -0.4 is 4.90 Å². The van der Waals surface area contributed by atoms with Gasteiger partial charge in [0.15, 0.2) is 0 Å². The number of aromatic nitrogens is 5. The molecule has 1 saturated heterocycles. The number of nitrogens with one attached hydrogen (secondary N) is 2. The summed E-state index contributed by atoms with van der Waals surface area (Å²) in [5, 5.41) is 9.94. The Morgan fingerprint density at radius 2 is 1.97 bits per heavy atom. The predicted molar refractivity (Wildman–Crippen MR) is 141 cm³/mol. The summed E-state index contributed by atoms with van der Waals surface area (Å²) < 4.78 is 0. The van der Waals surface area contributed by atoms with Crippen LogP contribution in [0.25, 0.3) is 38.9 Å². The third kappa shape index (κ3) is 4.03. The monoisotopic (exact) mass is 453 g/mol. The predicted octanol–water partition coefficient (Wildman–Crippen LogP) is 5.18. The number of pyridine rings is 2. The van der Waals surface area contributed by atoms with E-state index in [-0.39, 0.29) is 0 Å². The number of piperazine rings is 1. The zero-order valence-corrected chi connectivity index (χ0v) is 20.1. The standard InChI is InChI=1S/C27H31N7/c1-5-18(6-2)14-19(7-3)22-15-20-24(17-29-22)31-32-26(20)23-16-21-25(8-9-28-27(21)30-23)34-12-10-33(4)11-13-34/h5,7-9,14-17H,1,6,10-13H2,2-4H3,(H,28,30)(H,31,32)/b18-14+,19-7+. The first-order valence-corrected chi connectivity index (χ1v) is 11.9. The summed E-state index contributed by atoms with van der Waals surface area (Å²) in [5.74, 6) is 0. The number of fused-ring (bicyclic) bond motifs is 2. The lowest BCUT2D eigenvalue weighted by Crippen LogP contribution is -2.44. The lowest BCUT2D eigenvalue weighted by Gasteiger charge is -2.34. The van der Waals surface area contributed by atoms with Crippen molar-refractivity contribution in [3.63, 3.8) is 0 Å². The van der Waals surface area contributed by atoms with Gasteiger partial charge in [0.1, 0.15) is 11.3 Å². The van der Waals surface area contributed by atoms with Crippen LogP contribution in [0.2, 0.25) is 0 Å². The number of likely N-dealkylation sites (N-methyl/N-ethyl adjacent to an activating group) is 1. The first-order chi connectivity index (χ1) is 16.6. The van der Waals surface area contributed by atoms with Crippen LogP contribution in [0.1, 0.15) is 26.0 Å². The molecule has 1 aliphatic heterocycles. The lowest BCUT2D eigenvalue weighted by atomic mass is 10.0. The topological polar surface area (TPSA) is 76.7 Å². The molecule has 0 aromatic carbocycles. The quantitative estimate of drug-likeness (QED) is 0.394. The number of anilines is 1. The average molecular weight is 454 g/mol. The van der Waals surface area contributed by atoms with Crippen molar-refractivity contribution in [1.29, 1.82) is 0 Å². The van der Waals surface area contributed by atoms with Crippen molar-refractivity contribution in [1.82, 2.24) is 30.0 Å². The number of hydrogen-bond acceptors (Lipinski definition) is 5. The second-order valence-corrected chi connectivity index (χ2v) is 8.77. The molecule has 0 bridgehead atoms. The molecule has 5 heterocycles. The number of rotatable bonds is 6. The van der Waals surface area contributed by atoms with Gasteiger partial charge in [-0.3, -0.25) is 10.1 Å². The van der Waals surface area contributed by atoms with Crippen molar-refractivity contribution in [2.24, 2.45) is 0 Å². The van der Waals surface area contributed by atoms with Gasteiger partial charge in [0.2, 0.25) is 0 Å². The Bertz CT molecular complexity index is 1400. The smallest absolute Gasteiger partial charge is 0.139 e. The van der Waals surface area contributed by atoms with E-state index >= 15 is 0 Å². The van der Waals surface area contributed by atoms with Crippen molar-refractivity contribution in [3.05, 3.63) is 66.7 Å². The summed E-state index contributed by atoms with van der Waals surface area (Å²) in [5.41, 5.74) is 8.00. The van der Waals surface area contributed by atoms with Crippen molar-refractivity contribution in [3.8, 4) is 11.4 Å². The molecular formula is C27H31N7. The minimum atomic E-state index is 0.875. The molecule has 7 heteroatoms. The number of aromatic amines is 2. The highest BCUT2D eigenvalue weighted by molar-refractivity contribution is 5.99. The van der Waals surface area contributed by atoms with E-state index in [0.29, 0.717) is 0 Å². The zero-order chi connectivity index (χ0) is 23.7. The Labute approximate surface area is 199 Å². The van der Waals surface area contributed by atoms with Crippen molar-refractivity contribution < 1.29 is 0 Å². The molecule has 1 aliphatic rings. The van der Waals surface area contributed by atoms with Gasteiger partial charge in [-0.2, -0.15) is 5.10 Å². The molecule has 0 aliphatic carbocycles. The van der Waals surface area contributed by atoms with Gasteiger partial charge in [0.05, 0.1) is 23.1 Å². The molecule has 4 aromatic heterocycles. The van der Waals surface area contributed by atoms with E-state index in [4.69, 9.17) is 0 Å². The molecule has 7 nitrogen and oxygen atoms in total. The average Bonchev–Trinajstić information content (AvgIpc) is 3.49. The van der Waals surface area contributed by atoms with Crippen LogP contribution in [0.15, 0.2) is 61.0 Å². The molecule has 5 rings (SSSR count). The van der Waals surface area contributed by atoms with Gasteiger partial charge in [-0.15, -0.1) is 0 Å². The van der Waals surface area contributed by atoms with Gasteiger partial charge in [0, 0.05) is 48.8 Å². The van der Waals surface area contributed by atoms with E-state index in [0.717, 1.165) is 77.2 Å². The molecule has 0 radical (unpaired) electrons. The minimum absolute atomic E-state index is 0.875. The first kappa shape index (κ1) is 22.1. The summed E-state index contributed by atoms with van der Waals surface area (Å²) in [6, 6.07) is 6.40. The van der Waals surface area contributed by atoms with Crippen LogP contribution in [-0.2, 0) is 0 Å². The molecule has 4 aromatic rings. The lowest BCUT2D eigenvalue weighted by molar-refractivity contribution is 0.313. The Hall–Kier alpha value is -3.71. The van der Waals surface area contributed by atoms with Gasteiger partial charge in [-0.25, -0.2) is 4.98 Å². The second-order valence-electron chi connectivity index (χ2n) is 8.77. The maximum absolute atomic E-state index is 4.68. The third-order valence-corrected chi connectivity index (χ3v) is 6.67. The van der Waals surface area contributed by atoms with E-state index in [1.54, 1.807) is 0 Å². The Morgan fingerprint density at radius 1 is 1.15 bits per heavy atom. The van der Waals surface area contributed by atoms with Crippen LogP contribution in [0, 0.1) is 0 Å². The fraction of sp³-hybridized carbons (Fsp3) is 0.296. The van der Waals surface area contributed by atoms with Gasteiger partial charge >= 0.3 is 0 Å². The maximum atomic E-state index is 4.68. The van der Waals surface area contributed by atoms with Crippen LogP contribution in [0.4, 0.5) is 5.69 Å². The van der Waals surface area contributed by atoms with E-state index in [1.165, 1.54) is 11.3 Å². The number of allylic oxidation sites excluding steroid dienone is 5. The van der Waals surface area contributed by atoms with Crippen molar-refractivity contribution >= 4 is 33.2 Å². The Kier molecular flexibility index (Phi) is 6.02. The Morgan fingerprint density at radius 3 is 2.71 bits per heavy atom. The van der Waals surface area contributed by atoms with Gasteiger partial charge < -0.3 is 14.8 Å². The van der Waals surface area contributed by atoms with E-state index in [1.807, 2.05) is 25.4 Å². The maximum Gasteiger partial charge on any atom is 0.139 e. The highest BCUT2D eigenvalue weighted by atomic mass is 15.2. The zero-order valence-electron chi connectivity index (χ0n) is 20.1. The SMILES string of the molecule is C=C/C(=C\C(=C/C)c1cc2c(-c3cc4c(N5CCN(C)CC5)ccnc4[nH]3)n[nH]c2cn1)CC. The van der Waals surface area contributed by atoms with Gasteiger partial charge in [-0.05, 0) is 55.8 Å². The molecular weight excluding hydrogens is 422 g/mol. The fourth-order valence-corrected chi connectivity index (χ4v) is 4.55. The van der Waals surface area contributed by atoms with Crippen molar-refractivity contribution in [2.45, 2.75) is 20.3 Å². The second kappa shape index (κ2) is 9.27. The molecule has 2 N–H and O–H groups in total. The largest absolute Gasteiger partial charge is 0.368 e. The van der Waals surface area contributed by atoms with Gasteiger partial charge in [-0.1, -0.05) is 25.7 Å². The molecule has 0 unspecified atom stereocenters. The summed E-state index contributed by atoms with van der Waals surface area (Å²) in [6.45, 7) is 12.2. The normalized spacial score (nSPS) is 16.0. The van der Waals surface area contributed by atoms with Crippen LogP contribution in [-0.4, -0.2) is 63.3 Å². The molecule has 0 atom stereocenters. The van der Waals surface area contributed by atoms with Crippen LogP contribution >= 0.6 is 0 Å². The molecule has 1 fully saturated rings. The minimum Gasteiger partial charge on any atom is -0.368 e. The Balaban J connectivity index is 1.56. The molecule has 0 amide bonds. The number of H-pyrrole nitrogens is 2. The number of nitrogens with zero attached hydrogens (tertiary/aromatic N) is 5. The molecule has 0 spiro atoms. The van der Waals surface area contributed by atoms with Crippen molar-refractivity contribution in [2.75, 3.05) is 38.1 Å². The fourth-order valence-electron chi connectivity index (χ4n) is 4.55. The summed E-state index contributed by atoms with van der Waals surface area (Å²) in [4.78, 5) is 17.6. The van der Waals surface area contributed by atoms with E-state index in [2.05, 4.69) is 85.9 Å². The molecule has 34 heavy (non-hydrogen) atoms. The van der Waals surface area contributed by atoms with Crippen LogP contribution in [0.3, 0.4) is 0 Å². The highest BCUT2D eigenvalue weighted by Crippen LogP contribution is 2.33. The molecule has 0 saturated carbocycles. The van der Waals surface area contributed by atoms with E-state index < -0.39 is 0 Å². The van der Waals surface area contributed by atoms with Crippen LogP contribution in [0.5, 0.6) is 0 Å².